The van der Waals surface area contributed by atoms with Crippen LogP contribution in [0, 0.1) is 0 Å². The molecule has 0 radical (unpaired) electrons. The minimum Gasteiger partial charge on any atom is -0.383 e. The van der Waals surface area contributed by atoms with Gasteiger partial charge in [-0.15, -0.1) is 0 Å². The Morgan fingerprint density at radius 2 is 2.03 bits per heavy atom. The van der Waals surface area contributed by atoms with Crippen LogP contribution in [0.5, 0.6) is 0 Å². The molecule has 1 aromatic heterocycles. The molecule has 0 bridgehead atoms. The van der Waals surface area contributed by atoms with Crippen LogP contribution in [0.4, 0.5) is 0 Å². The van der Waals surface area contributed by atoms with E-state index in [9.17, 15) is 14.4 Å². The minimum atomic E-state index is -1.33. The van der Waals surface area contributed by atoms with Gasteiger partial charge in [0.15, 0.2) is 0 Å². The molecule has 1 saturated heterocycles. The van der Waals surface area contributed by atoms with Crippen molar-refractivity contribution in [2.45, 2.75) is 50.5 Å². The number of aromatic amines is 1. The number of benzene rings is 1. The van der Waals surface area contributed by atoms with Crippen molar-refractivity contribution in [3.8, 4) is 0 Å². The first kappa shape index (κ1) is 23.4. The molecule has 176 valence electrons. The highest BCUT2D eigenvalue weighted by molar-refractivity contribution is 6.32. The predicted molar refractivity (Wildman–Crippen MR) is 123 cm³/mol. The zero-order valence-electron chi connectivity index (χ0n) is 19.0. The van der Waals surface area contributed by atoms with Gasteiger partial charge in [-0.05, 0) is 42.9 Å². The van der Waals surface area contributed by atoms with Crippen LogP contribution < -0.4 is 0 Å². The van der Waals surface area contributed by atoms with Gasteiger partial charge < -0.3 is 9.64 Å². The van der Waals surface area contributed by atoms with E-state index >= 15 is 0 Å². The van der Waals surface area contributed by atoms with E-state index < -0.39 is 11.3 Å². The number of aryl methyl sites for hydroxylation is 1. The molecule has 3 amide bonds. The highest BCUT2D eigenvalue weighted by Gasteiger charge is 2.54. The quantitative estimate of drug-likeness (QED) is 0.596. The summed E-state index contributed by atoms with van der Waals surface area (Å²) in [5.41, 5.74) is 2.38. The average molecular weight is 473 g/mol. The van der Waals surface area contributed by atoms with Crippen molar-refractivity contribution in [2.75, 3.05) is 27.3 Å². The van der Waals surface area contributed by atoms with Gasteiger partial charge in [0, 0.05) is 37.7 Å². The van der Waals surface area contributed by atoms with E-state index in [1.54, 1.807) is 36.2 Å². The molecule has 1 N–H and O–H groups in total. The maximum atomic E-state index is 13.6. The fourth-order valence-corrected chi connectivity index (χ4v) is 5.21. The minimum absolute atomic E-state index is 0.101. The van der Waals surface area contributed by atoms with Crippen LogP contribution in [-0.4, -0.2) is 65.0 Å². The summed E-state index contributed by atoms with van der Waals surface area (Å²) in [5, 5.41) is 7.90. The second-order valence-electron chi connectivity index (χ2n) is 8.84. The van der Waals surface area contributed by atoms with E-state index in [1.165, 1.54) is 17.6 Å². The number of imide groups is 1. The lowest BCUT2D eigenvalue weighted by Gasteiger charge is -2.30. The normalized spacial score (nSPS) is 20.3. The molecule has 0 saturated carbocycles. The largest absolute Gasteiger partial charge is 0.383 e. The Morgan fingerprint density at radius 3 is 2.79 bits per heavy atom. The van der Waals surface area contributed by atoms with Crippen LogP contribution in [0.25, 0.3) is 0 Å². The molecule has 1 unspecified atom stereocenters. The highest BCUT2D eigenvalue weighted by Crippen LogP contribution is 2.43. The van der Waals surface area contributed by atoms with Crippen LogP contribution in [0.15, 0.2) is 24.3 Å². The van der Waals surface area contributed by atoms with E-state index in [-0.39, 0.29) is 37.8 Å². The number of nitrogens with one attached hydrogen (secondary N) is 1. The number of methoxy groups -OCH3 is 1. The van der Waals surface area contributed by atoms with Gasteiger partial charge in [0.25, 0.3) is 0 Å². The van der Waals surface area contributed by atoms with Crippen LogP contribution in [0.1, 0.15) is 48.2 Å². The first-order chi connectivity index (χ1) is 15.9. The second-order valence-corrected chi connectivity index (χ2v) is 9.25. The highest BCUT2D eigenvalue weighted by atomic mass is 35.5. The predicted octanol–water partition coefficient (Wildman–Crippen LogP) is 2.63. The second kappa shape index (κ2) is 9.65. The number of aromatic nitrogens is 2. The number of hydrogen-bond donors (Lipinski definition) is 1. The fourth-order valence-electron chi connectivity index (χ4n) is 4.89. The Kier molecular flexibility index (Phi) is 6.86. The number of ether oxygens (including phenoxy) is 1. The van der Waals surface area contributed by atoms with Gasteiger partial charge in [-0.3, -0.25) is 24.4 Å². The summed E-state index contributed by atoms with van der Waals surface area (Å²) < 4.78 is 5.06. The molecule has 2 aromatic rings. The van der Waals surface area contributed by atoms with Crippen LogP contribution in [0.2, 0.25) is 5.02 Å². The van der Waals surface area contributed by atoms with Crippen LogP contribution >= 0.6 is 11.6 Å². The van der Waals surface area contributed by atoms with Crippen molar-refractivity contribution in [1.29, 1.82) is 0 Å². The molecular formula is C24H29ClN4O4. The fraction of sp³-hybridized carbons (Fsp3) is 0.500. The van der Waals surface area contributed by atoms with Gasteiger partial charge >= 0.3 is 0 Å². The maximum absolute atomic E-state index is 13.6. The molecule has 1 aliphatic heterocycles. The Labute approximate surface area is 198 Å². The molecule has 1 aliphatic carbocycles. The lowest BCUT2D eigenvalue weighted by Crippen LogP contribution is -2.43. The van der Waals surface area contributed by atoms with Crippen LogP contribution in [-0.2, 0) is 43.9 Å². The van der Waals surface area contributed by atoms with Crippen molar-refractivity contribution in [1.82, 2.24) is 20.0 Å². The first-order valence-corrected chi connectivity index (χ1v) is 11.6. The number of carbonyl (C=O) groups is 3. The van der Waals surface area contributed by atoms with E-state index in [4.69, 9.17) is 16.3 Å². The third-order valence-electron chi connectivity index (χ3n) is 6.72. The number of halogens is 1. The summed E-state index contributed by atoms with van der Waals surface area (Å²) in [6.45, 7) is 0.719. The van der Waals surface area contributed by atoms with E-state index in [2.05, 4.69) is 10.2 Å². The molecule has 1 atom stereocenters. The molecule has 2 aliphatic rings. The summed E-state index contributed by atoms with van der Waals surface area (Å²) >= 11 is 6.47. The Hall–Kier alpha value is -2.71. The van der Waals surface area contributed by atoms with Crippen LogP contribution in [0.3, 0.4) is 0 Å². The molecule has 33 heavy (non-hydrogen) atoms. The van der Waals surface area contributed by atoms with Crippen molar-refractivity contribution in [3.63, 3.8) is 0 Å². The van der Waals surface area contributed by atoms with Gasteiger partial charge in [0.1, 0.15) is 0 Å². The van der Waals surface area contributed by atoms with E-state index in [0.29, 0.717) is 17.1 Å². The first-order valence-electron chi connectivity index (χ1n) is 11.2. The summed E-state index contributed by atoms with van der Waals surface area (Å²) in [7, 11) is 3.22. The third-order valence-corrected chi connectivity index (χ3v) is 7.05. The molecule has 1 fully saturated rings. The van der Waals surface area contributed by atoms with Gasteiger partial charge in [0.2, 0.25) is 17.7 Å². The molecule has 9 heteroatoms. The zero-order valence-corrected chi connectivity index (χ0v) is 19.8. The Morgan fingerprint density at radius 1 is 1.27 bits per heavy atom. The Balaban J connectivity index is 1.60. The number of nitrogens with zero attached hydrogens (tertiary/aromatic N) is 3. The lowest BCUT2D eigenvalue weighted by atomic mass is 9.75. The van der Waals surface area contributed by atoms with Crippen molar-refractivity contribution < 1.29 is 19.1 Å². The molecule has 8 nitrogen and oxygen atoms in total. The SMILES string of the molecule is COCCN1C(=O)CC(CC(=O)N(C)Cc2n[nH]c3c2CCCC3)(c2ccccc2Cl)C1=O. The molecule has 2 heterocycles. The topological polar surface area (TPSA) is 95.6 Å². The Bertz CT molecular complexity index is 1070. The molecular weight excluding hydrogens is 444 g/mol. The number of likely N-dealkylation sites (tertiary alicyclic amines) is 1. The summed E-state index contributed by atoms with van der Waals surface area (Å²) in [5.74, 6) is -0.970. The van der Waals surface area contributed by atoms with Gasteiger partial charge in [-0.25, -0.2) is 0 Å². The van der Waals surface area contributed by atoms with Gasteiger partial charge in [-0.2, -0.15) is 5.10 Å². The number of H-pyrrole nitrogens is 1. The number of amides is 3. The van der Waals surface area contributed by atoms with E-state index in [0.717, 1.165) is 37.1 Å². The molecule has 1 aromatic carbocycles. The average Bonchev–Trinajstić information content (AvgIpc) is 3.31. The zero-order chi connectivity index (χ0) is 23.6. The van der Waals surface area contributed by atoms with Crippen molar-refractivity contribution >= 4 is 29.3 Å². The van der Waals surface area contributed by atoms with Gasteiger partial charge in [0.05, 0.1) is 30.8 Å². The lowest BCUT2D eigenvalue weighted by molar-refractivity contribution is -0.143. The summed E-state index contributed by atoms with van der Waals surface area (Å²) in [6.07, 6.45) is 3.93. The maximum Gasteiger partial charge on any atom is 0.241 e. The van der Waals surface area contributed by atoms with E-state index in [1.807, 2.05) is 0 Å². The summed E-state index contributed by atoms with van der Waals surface area (Å²) in [4.78, 5) is 42.6. The smallest absolute Gasteiger partial charge is 0.241 e. The third kappa shape index (κ3) is 4.42. The number of hydrogen-bond acceptors (Lipinski definition) is 5. The van der Waals surface area contributed by atoms with Crippen molar-refractivity contribution in [2.24, 2.45) is 0 Å². The molecule has 0 spiro atoms. The summed E-state index contributed by atoms with van der Waals surface area (Å²) in [6, 6.07) is 6.93. The van der Waals surface area contributed by atoms with Crippen molar-refractivity contribution in [3.05, 3.63) is 51.8 Å². The number of fused-ring (bicyclic) bond motifs is 1. The van der Waals surface area contributed by atoms with Gasteiger partial charge in [-0.1, -0.05) is 29.8 Å². The standard InChI is InChI=1S/C24H29ClN4O4/c1-28(15-20-16-7-3-6-10-19(16)26-27-20)21(30)13-24(17-8-4-5-9-18(17)25)14-22(31)29(23(24)32)11-12-33-2/h4-5,8-9H,3,6-7,10-15H2,1-2H3,(H,26,27). The molecule has 4 rings (SSSR count). The monoisotopic (exact) mass is 472 g/mol. The number of rotatable bonds is 8. The number of carbonyl (C=O) groups excluding carboxylic acids is 3.